The van der Waals surface area contributed by atoms with Gasteiger partial charge in [0.15, 0.2) is 0 Å². The van der Waals surface area contributed by atoms with E-state index in [1.165, 1.54) is 16.9 Å². The molecule has 7 heteroatoms. The van der Waals surface area contributed by atoms with Gasteiger partial charge in [-0.15, -0.1) is 16.4 Å². The fraction of sp³-hybridized carbons (Fsp3) is 0.190. The Kier molecular flexibility index (Phi) is 5.39. The van der Waals surface area contributed by atoms with E-state index < -0.39 is 6.10 Å². The molecule has 0 saturated heterocycles. The van der Waals surface area contributed by atoms with Crippen molar-refractivity contribution < 1.29 is 5.11 Å². The van der Waals surface area contributed by atoms with Gasteiger partial charge in [-0.2, -0.15) is 0 Å². The second kappa shape index (κ2) is 7.95. The predicted octanol–water partition coefficient (Wildman–Crippen LogP) is 5.18. The molecule has 0 amide bonds. The van der Waals surface area contributed by atoms with Crippen LogP contribution in [-0.4, -0.2) is 25.1 Å². The second-order valence-corrected chi connectivity index (χ2v) is 8.63. The molecule has 2 heterocycles. The molecule has 0 radical (unpaired) electrons. The van der Waals surface area contributed by atoms with Crippen LogP contribution in [0, 0.1) is 13.8 Å². The molecule has 1 unspecified atom stereocenters. The first kappa shape index (κ1) is 19.0. The van der Waals surface area contributed by atoms with Crippen LogP contribution in [0.15, 0.2) is 59.2 Å². The number of benzene rings is 2. The highest BCUT2D eigenvalue weighted by Crippen LogP contribution is 2.33. The van der Waals surface area contributed by atoms with Crippen LogP contribution >= 0.6 is 27.3 Å². The smallest absolute Gasteiger partial charge is 0.123 e. The number of rotatable bonds is 5. The maximum atomic E-state index is 10.7. The van der Waals surface area contributed by atoms with Crippen molar-refractivity contribution >= 4 is 27.3 Å². The van der Waals surface area contributed by atoms with Crippen molar-refractivity contribution in [2.24, 2.45) is 0 Å². The predicted molar refractivity (Wildman–Crippen MR) is 115 cm³/mol. The number of aliphatic hydroxyl groups is 1. The maximum absolute atomic E-state index is 10.7. The van der Waals surface area contributed by atoms with E-state index in [0.29, 0.717) is 6.54 Å². The van der Waals surface area contributed by atoms with E-state index >= 15 is 0 Å². The van der Waals surface area contributed by atoms with Crippen molar-refractivity contribution in [2.45, 2.75) is 26.5 Å². The van der Waals surface area contributed by atoms with Crippen LogP contribution in [0.25, 0.3) is 21.8 Å². The van der Waals surface area contributed by atoms with Gasteiger partial charge in [-0.3, -0.25) is 0 Å². The third kappa shape index (κ3) is 4.06. The average molecular weight is 455 g/mol. The summed E-state index contributed by atoms with van der Waals surface area (Å²) in [6.07, 6.45) is 1.18. The summed E-state index contributed by atoms with van der Waals surface area (Å²) in [6, 6.07) is 16.2. The van der Waals surface area contributed by atoms with Gasteiger partial charge in [-0.25, -0.2) is 9.67 Å². The maximum Gasteiger partial charge on any atom is 0.123 e. The molecule has 0 spiro atoms. The quantitative estimate of drug-likeness (QED) is 0.450. The van der Waals surface area contributed by atoms with Crippen molar-refractivity contribution in [2.75, 3.05) is 0 Å². The average Bonchev–Trinajstić information content (AvgIpc) is 3.30. The number of hydrogen-bond donors (Lipinski definition) is 1. The topological polar surface area (TPSA) is 63.8 Å². The number of aliphatic hydroxyl groups excluding tert-OH is 1. The van der Waals surface area contributed by atoms with E-state index in [-0.39, 0.29) is 0 Å². The van der Waals surface area contributed by atoms with Gasteiger partial charge in [0.25, 0.3) is 0 Å². The minimum Gasteiger partial charge on any atom is -0.386 e. The van der Waals surface area contributed by atoms with E-state index in [2.05, 4.69) is 38.1 Å². The first-order valence-corrected chi connectivity index (χ1v) is 10.5. The van der Waals surface area contributed by atoms with Gasteiger partial charge >= 0.3 is 0 Å². The zero-order valence-electron chi connectivity index (χ0n) is 15.5. The Labute approximate surface area is 175 Å². The number of thiazole rings is 1. The first-order valence-electron chi connectivity index (χ1n) is 8.88. The molecule has 1 atom stereocenters. The second-order valence-electron chi connectivity index (χ2n) is 6.68. The molecule has 0 aliphatic rings. The van der Waals surface area contributed by atoms with Gasteiger partial charge in [-0.05, 0) is 26.0 Å². The molecular weight excluding hydrogens is 436 g/mol. The normalized spacial score (nSPS) is 12.3. The molecule has 2 aromatic heterocycles. The van der Waals surface area contributed by atoms with Crippen molar-refractivity contribution in [1.29, 1.82) is 0 Å². The Hall–Kier alpha value is -2.35. The standard InChI is InChI=1S/C21H19BrN4OS/c1-13-3-5-15(6-4-13)18-11-26(25-24-18)12-19(27)20-14(2)23-21(28-20)16-7-9-17(22)10-8-16/h3-11,19,27H,12H2,1-2H3. The molecule has 142 valence electrons. The largest absolute Gasteiger partial charge is 0.386 e. The van der Waals surface area contributed by atoms with Crippen molar-refractivity contribution in [1.82, 2.24) is 20.0 Å². The zero-order valence-corrected chi connectivity index (χ0v) is 17.9. The number of nitrogens with zero attached hydrogens (tertiary/aromatic N) is 4. The Balaban J connectivity index is 1.52. The van der Waals surface area contributed by atoms with Crippen LogP contribution in [0.5, 0.6) is 0 Å². The summed E-state index contributed by atoms with van der Waals surface area (Å²) in [5.41, 5.74) is 4.89. The third-order valence-corrected chi connectivity index (χ3v) is 6.31. The van der Waals surface area contributed by atoms with Gasteiger partial charge in [0.1, 0.15) is 16.8 Å². The molecule has 2 aromatic carbocycles. The highest BCUT2D eigenvalue weighted by molar-refractivity contribution is 9.10. The molecule has 0 fully saturated rings. The van der Waals surface area contributed by atoms with E-state index in [1.807, 2.05) is 61.7 Å². The van der Waals surface area contributed by atoms with Crippen molar-refractivity contribution in [3.8, 4) is 21.8 Å². The lowest BCUT2D eigenvalue weighted by molar-refractivity contribution is 0.153. The lowest BCUT2D eigenvalue weighted by Crippen LogP contribution is -2.09. The molecular formula is C21H19BrN4OS. The molecule has 0 aliphatic carbocycles. The number of halogens is 1. The zero-order chi connectivity index (χ0) is 19.7. The number of aryl methyl sites for hydroxylation is 2. The monoisotopic (exact) mass is 454 g/mol. The van der Waals surface area contributed by atoms with Crippen molar-refractivity contribution in [3.05, 3.63) is 75.3 Å². The Morgan fingerprint density at radius 1 is 1.04 bits per heavy atom. The van der Waals surface area contributed by atoms with E-state index in [4.69, 9.17) is 0 Å². The molecule has 0 saturated carbocycles. The van der Waals surface area contributed by atoms with Crippen molar-refractivity contribution in [3.63, 3.8) is 0 Å². The van der Waals surface area contributed by atoms with Crippen LogP contribution in [0.2, 0.25) is 0 Å². The van der Waals surface area contributed by atoms with Crippen LogP contribution < -0.4 is 0 Å². The molecule has 4 aromatic rings. The highest BCUT2D eigenvalue weighted by Gasteiger charge is 2.18. The molecule has 1 N–H and O–H groups in total. The summed E-state index contributed by atoms with van der Waals surface area (Å²) in [5.74, 6) is 0. The lowest BCUT2D eigenvalue weighted by atomic mass is 10.1. The van der Waals surface area contributed by atoms with Crippen LogP contribution in [0.1, 0.15) is 22.2 Å². The Morgan fingerprint density at radius 3 is 2.43 bits per heavy atom. The Bertz CT molecular complexity index is 1090. The Morgan fingerprint density at radius 2 is 1.71 bits per heavy atom. The highest BCUT2D eigenvalue weighted by atomic mass is 79.9. The molecule has 4 rings (SSSR count). The summed E-state index contributed by atoms with van der Waals surface area (Å²) < 4.78 is 2.71. The first-order chi connectivity index (χ1) is 13.5. The summed E-state index contributed by atoms with van der Waals surface area (Å²) in [7, 11) is 0. The van der Waals surface area contributed by atoms with Crippen LogP contribution in [0.4, 0.5) is 0 Å². The minimum atomic E-state index is -0.686. The number of aromatic nitrogens is 4. The number of hydrogen-bond acceptors (Lipinski definition) is 5. The van der Waals surface area contributed by atoms with Gasteiger partial charge in [0.05, 0.1) is 23.3 Å². The van der Waals surface area contributed by atoms with E-state index in [9.17, 15) is 5.11 Å². The summed E-state index contributed by atoms with van der Waals surface area (Å²) in [6.45, 7) is 4.31. The van der Waals surface area contributed by atoms with Crippen LogP contribution in [-0.2, 0) is 6.54 Å². The van der Waals surface area contributed by atoms with Gasteiger partial charge in [-0.1, -0.05) is 63.1 Å². The van der Waals surface area contributed by atoms with Gasteiger partial charge in [0.2, 0.25) is 0 Å². The summed E-state index contributed by atoms with van der Waals surface area (Å²) in [4.78, 5) is 5.48. The fourth-order valence-corrected chi connectivity index (χ4v) is 4.25. The lowest BCUT2D eigenvalue weighted by Gasteiger charge is -2.08. The molecule has 28 heavy (non-hydrogen) atoms. The fourth-order valence-electron chi connectivity index (χ4n) is 2.94. The molecule has 0 bridgehead atoms. The van der Waals surface area contributed by atoms with Gasteiger partial charge in [0, 0.05) is 15.6 Å². The van der Waals surface area contributed by atoms with E-state index in [0.717, 1.165) is 36.9 Å². The van der Waals surface area contributed by atoms with Crippen LogP contribution in [0.3, 0.4) is 0 Å². The molecule has 0 aliphatic heterocycles. The third-order valence-electron chi connectivity index (χ3n) is 4.47. The summed E-state index contributed by atoms with van der Waals surface area (Å²) >= 11 is 4.96. The van der Waals surface area contributed by atoms with Gasteiger partial charge < -0.3 is 5.11 Å². The minimum absolute atomic E-state index is 0.335. The van der Waals surface area contributed by atoms with E-state index in [1.54, 1.807) is 4.68 Å². The SMILES string of the molecule is Cc1ccc(-c2cn(CC(O)c3sc(-c4ccc(Br)cc4)nc3C)nn2)cc1. The summed E-state index contributed by atoms with van der Waals surface area (Å²) in [5, 5.41) is 20.1. The molecule has 5 nitrogen and oxygen atoms in total.